The molecule has 0 aliphatic heterocycles. The number of hydrogen-bond donors (Lipinski definition) is 1. The van der Waals surface area contributed by atoms with E-state index in [1.807, 2.05) is 0 Å². The highest BCUT2D eigenvalue weighted by molar-refractivity contribution is 6.27. The van der Waals surface area contributed by atoms with Crippen LogP contribution in [0.25, 0.3) is 0 Å². The van der Waals surface area contributed by atoms with E-state index in [2.05, 4.69) is 12.2 Å². The van der Waals surface area contributed by atoms with Gasteiger partial charge in [-0.3, -0.25) is 14.4 Å². The Morgan fingerprint density at radius 2 is 1.12 bits per heavy atom. The molecule has 188 valence electrons. The third kappa shape index (κ3) is 9.56. The molecule has 0 aromatic heterocycles. The van der Waals surface area contributed by atoms with Gasteiger partial charge in [0.25, 0.3) is 0 Å². The highest BCUT2D eigenvalue weighted by Crippen LogP contribution is 2.27. The van der Waals surface area contributed by atoms with Crippen molar-refractivity contribution >= 4 is 17.5 Å². The summed E-state index contributed by atoms with van der Waals surface area (Å²) in [5, 5.41) is 2.92. The molecule has 0 atom stereocenters. The van der Waals surface area contributed by atoms with Gasteiger partial charge in [0, 0.05) is 28.8 Å². The summed E-state index contributed by atoms with van der Waals surface area (Å²) in [6, 6.07) is 6.84. The van der Waals surface area contributed by atoms with Crippen molar-refractivity contribution in [1.29, 1.82) is 0 Å². The molecule has 1 amide bonds. The minimum Gasteiger partial charge on any atom is -0.356 e. The van der Waals surface area contributed by atoms with Crippen LogP contribution >= 0.6 is 0 Å². The number of fused-ring (bicyclic) bond motifs is 1. The van der Waals surface area contributed by atoms with Crippen molar-refractivity contribution < 1.29 is 14.4 Å². The van der Waals surface area contributed by atoms with Gasteiger partial charge >= 0.3 is 0 Å². The SMILES string of the molecule is CCCCCCCCCCCCCCCCCNC(=O)CC1=C(C)C(=O)c2ccccc2C1=O. The predicted molar refractivity (Wildman–Crippen MR) is 140 cm³/mol. The topological polar surface area (TPSA) is 63.2 Å². The minimum absolute atomic E-state index is 0.0243. The fourth-order valence-electron chi connectivity index (χ4n) is 4.71. The molecule has 0 spiro atoms. The van der Waals surface area contributed by atoms with Gasteiger partial charge in [0.15, 0.2) is 11.6 Å². The fourth-order valence-corrected chi connectivity index (χ4v) is 4.71. The Hall–Kier alpha value is -2.23. The van der Waals surface area contributed by atoms with E-state index in [0.717, 1.165) is 12.8 Å². The summed E-state index contributed by atoms with van der Waals surface area (Å²) in [7, 11) is 0. The zero-order valence-electron chi connectivity index (χ0n) is 21.6. The summed E-state index contributed by atoms with van der Waals surface area (Å²) in [5.74, 6) is -0.532. The van der Waals surface area contributed by atoms with Crippen LogP contribution in [0.1, 0.15) is 137 Å². The first kappa shape index (κ1) is 28.0. The van der Waals surface area contributed by atoms with Gasteiger partial charge in [-0.05, 0) is 13.3 Å². The van der Waals surface area contributed by atoms with Crippen molar-refractivity contribution in [3.8, 4) is 0 Å². The van der Waals surface area contributed by atoms with Crippen LogP contribution in [0.2, 0.25) is 0 Å². The van der Waals surface area contributed by atoms with Gasteiger partial charge in [0.05, 0.1) is 6.42 Å². The van der Waals surface area contributed by atoms with Crippen molar-refractivity contribution in [3.05, 3.63) is 46.5 Å². The number of carbonyl (C=O) groups excluding carboxylic acids is 3. The van der Waals surface area contributed by atoms with Gasteiger partial charge in [0.1, 0.15) is 0 Å². The number of carbonyl (C=O) groups is 3. The Morgan fingerprint density at radius 3 is 1.62 bits per heavy atom. The first-order chi connectivity index (χ1) is 16.6. The van der Waals surface area contributed by atoms with Crippen molar-refractivity contribution in [1.82, 2.24) is 5.32 Å². The van der Waals surface area contributed by atoms with Crippen LogP contribution in [0.4, 0.5) is 0 Å². The number of benzene rings is 1. The van der Waals surface area contributed by atoms with Gasteiger partial charge in [0.2, 0.25) is 5.91 Å². The van der Waals surface area contributed by atoms with Gasteiger partial charge in [-0.15, -0.1) is 0 Å². The zero-order valence-corrected chi connectivity index (χ0v) is 21.6. The zero-order chi connectivity index (χ0) is 24.6. The molecule has 0 unspecified atom stereocenters. The molecule has 0 saturated carbocycles. The molecule has 1 aromatic carbocycles. The number of ketones is 2. The summed E-state index contributed by atoms with van der Waals surface area (Å²) >= 11 is 0. The van der Waals surface area contributed by atoms with E-state index in [-0.39, 0.29) is 23.9 Å². The third-order valence-corrected chi connectivity index (χ3v) is 6.92. The molecule has 1 aliphatic carbocycles. The molecule has 0 radical (unpaired) electrons. The molecule has 34 heavy (non-hydrogen) atoms. The second-order valence-corrected chi connectivity index (χ2v) is 9.78. The van der Waals surface area contributed by atoms with Crippen LogP contribution in [0.3, 0.4) is 0 Å². The Morgan fingerprint density at radius 1 is 0.676 bits per heavy atom. The molecule has 1 N–H and O–H groups in total. The fraction of sp³-hybridized carbons (Fsp3) is 0.633. The maximum atomic E-state index is 12.7. The van der Waals surface area contributed by atoms with E-state index in [9.17, 15) is 14.4 Å². The maximum absolute atomic E-state index is 12.7. The molecule has 0 heterocycles. The van der Waals surface area contributed by atoms with E-state index >= 15 is 0 Å². The number of nitrogens with one attached hydrogen (secondary N) is 1. The number of unbranched alkanes of at least 4 members (excludes halogenated alkanes) is 14. The average molecular weight is 468 g/mol. The molecule has 1 aromatic rings. The normalized spacial score (nSPS) is 13.4. The lowest BCUT2D eigenvalue weighted by molar-refractivity contribution is -0.120. The Balaban J connectivity index is 1.48. The standard InChI is InChI=1S/C30H45NO3/c1-3-4-5-6-7-8-9-10-11-12-13-14-15-16-19-22-31-28(32)23-27-24(2)29(33)25-20-17-18-21-26(25)30(27)34/h17-18,20-21H,3-16,19,22-23H2,1-2H3,(H,31,32). The summed E-state index contributed by atoms with van der Waals surface area (Å²) in [6.45, 7) is 4.54. The van der Waals surface area contributed by atoms with Crippen molar-refractivity contribution in [2.24, 2.45) is 0 Å². The minimum atomic E-state index is -0.199. The number of allylic oxidation sites excluding steroid dienone is 1. The largest absolute Gasteiger partial charge is 0.356 e. The molecule has 4 nitrogen and oxygen atoms in total. The first-order valence-electron chi connectivity index (χ1n) is 13.7. The van der Waals surface area contributed by atoms with Crippen molar-refractivity contribution in [2.45, 2.75) is 117 Å². The van der Waals surface area contributed by atoms with Crippen LogP contribution in [-0.2, 0) is 4.79 Å². The third-order valence-electron chi connectivity index (χ3n) is 6.92. The molecular formula is C30H45NO3. The number of rotatable bonds is 18. The van der Waals surface area contributed by atoms with E-state index in [1.165, 1.54) is 83.5 Å². The lowest BCUT2D eigenvalue weighted by Gasteiger charge is -2.18. The van der Waals surface area contributed by atoms with Crippen molar-refractivity contribution in [3.63, 3.8) is 0 Å². The van der Waals surface area contributed by atoms with Crippen molar-refractivity contribution in [2.75, 3.05) is 6.54 Å². The highest BCUT2D eigenvalue weighted by Gasteiger charge is 2.30. The van der Waals surface area contributed by atoms with E-state index < -0.39 is 0 Å². The number of hydrogen-bond acceptors (Lipinski definition) is 3. The second-order valence-electron chi connectivity index (χ2n) is 9.78. The van der Waals surface area contributed by atoms with Crippen LogP contribution in [-0.4, -0.2) is 24.0 Å². The maximum Gasteiger partial charge on any atom is 0.224 e. The number of Topliss-reactive ketones (excluding diaryl/α,β-unsaturated/α-hetero) is 2. The Bertz CT molecular complexity index is 824. The smallest absolute Gasteiger partial charge is 0.224 e. The molecule has 0 fully saturated rings. The molecule has 0 bridgehead atoms. The summed E-state index contributed by atoms with van der Waals surface area (Å²) in [6.07, 6.45) is 19.7. The van der Waals surface area contributed by atoms with Gasteiger partial charge in [-0.1, -0.05) is 121 Å². The van der Waals surface area contributed by atoms with Gasteiger partial charge < -0.3 is 5.32 Å². The summed E-state index contributed by atoms with van der Waals surface area (Å²) < 4.78 is 0. The summed E-state index contributed by atoms with van der Waals surface area (Å²) in [5.41, 5.74) is 1.57. The van der Waals surface area contributed by atoms with Gasteiger partial charge in [-0.25, -0.2) is 0 Å². The van der Waals surface area contributed by atoms with E-state index in [0.29, 0.717) is 28.8 Å². The highest BCUT2D eigenvalue weighted by atomic mass is 16.2. The van der Waals surface area contributed by atoms with E-state index in [1.54, 1.807) is 31.2 Å². The van der Waals surface area contributed by atoms with Crippen LogP contribution in [0, 0.1) is 0 Å². The lowest BCUT2D eigenvalue weighted by Crippen LogP contribution is -2.28. The molecule has 0 saturated heterocycles. The summed E-state index contributed by atoms with van der Waals surface area (Å²) in [4.78, 5) is 37.6. The number of amides is 1. The molecule has 4 heteroatoms. The Labute approximate surface area is 207 Å². The molecule has 2 rings (SSSR count). The predicted octanol–water partition coefficient (Wildman–Crippen LogP) is 7.76. The van der Waals surface area contributed by atoms with Gasteiger partial charge in [-0.2, -0.15) is 0 Å². The molecule has 1 aliphatic rings. The monoisotopic (exact) mass is 467 g/mol. The van der Waals surface area contributed by atoms with Crippen LogP contribution in [0.15, 0.2) is 35.4 Å². The van der Waals surface area contributed by atoms with E-state index in [4.69, 9.17) is 0 Å². The quantitative estimate of drug-likeness (QED) is 0.224. The average Bonchev–Trinajstić information content (AvgIpc) is 2.85. The lowest BCUT2D eigenvalue weighted by atomic mass is 9.83. The van der Waals surface area contributed by atoms with Crippen LogP contribution < -0.4 is 5.32 Å². The first-order valence-corrected chi connectivity index (χ1v) is 13.7. The second kappa shape index (κ2) is 16.4. The molecular weight excluding hydrogens is 422 g/mol. The Kier molecular flexibility index (Phi) is 13.5. The van der Waals surface area contributed by atoms with Crippen LogP contribution in [0.5, 0.6) is 0 Å².